The van der Waals surface area contributed by atoms with Gasteiger partial charge in [-0.05, 0) is 19.8 Å². The van der Waals surface area contributed by atoms with Crippen molar-refractivity contribution in [3.8, 4) is 0 Å². The molecule has 1 aliphatic rings. The predicted molar refractivity (Wildman–Crippen MR) is 84.4 cm³/mol. The van der Waals surface area contributed by atoms with Crippen molar-refractivity contribution in [2.45, 2.75) is 32.6 Å². The number of nitrogens with two attached hydrogens (primary N) is 1. The van der Waals surface area contributed by atoms with Gasteiger partial charge in [0.25, 0.3) is 5.91 Å². The quantitative estimate of drug-likeness (QED) is 0.895. The van der Waals surface area contributed by atoms with Gasteiger partial charge in [-0.25, -0.2) is 9.97 Å². The zero-order chi connectivity index (χ0) is 15.4. The minimum absolute atomic E-state index is 0.0292. The van der Waals surface area contributed by atoms with Gasteiger partial charge in [0.05, 0.1) is 0 Å². The van der Waals surface area contributed by atoms with Gasteiger partial charge in [0.2, 0.25) is 0 Å². The highest BCUT2D eigenvalue weighted by Gasteiger charge is 2.21. The zero-order valence-corrected chi connectivity index (χ0v) is 12.9. The first-order valence-corrected chi connectivity index (χ1v) is 7.41. The summed E-state index contributed by atoms with van der Waals surface area (Å²) in [5, 5.41) is 2.75. The molecule has 1 aromatic heterocycles. The topological polar surface area (TPSA) is 84.1 Å². The number of rotatable bonds is 3. The van der Waals surface area contributed by atoms with E-state index in [0.717, 1.165) is 25.9 Å². The van der Waals surface area contributed by atoms with Gasteiger partial charge in [-0.1, -0.05) is 31.0 Å². The van der Waals surface area contributed by atoms with Crippen molar-refractivity contribution >= 4 is 29.1 Å². The van der Waals surface area contributed by atoms with Crippen molar-refractivity contribution in [3.05, 3.63) is 23.1 Å². The highest BCUT2D eigenvalue weighted by atomic mass is 35.5. The van der Waals surface area contributed by atoms with E-state index < -0.39 is 5.91 Å². The molecule has 0 bridgehead atoms. The van der Waals surface area contributed by atoms with E-state index in [2.05, 4.69) is 26.8 Å². The molecule has 1 fully saturated rings. The molecule has 1 amide bonds. The highest BCUT2D eigenvalue weighted by Crippen LogP contribution is 2.26. The largest absolute Gasteiger partial charge is 0.382 e. The predicted octanol–water partition coefficient (Wildman–Crippen LogP) is 2.36. The van der Waals surface area contributed by atoms with Gasteiger partial charge in [0.1, 0.15) is 0 Å². The van der Waals surface area contributed by atoms with Crippen LogP contribution in [0.4, 0.5) is 11.6 Å². The van der Waals surface area contributed by atoms with Gasteiger partial charge < -0.3 is 16.0 Å². The Morgan fingerprint density at radius 2 is 1.90 bits per heavy atom. The molecule has 0 saturated carbocycles. The van der Waals surface area contributed by atoms with Crippen LogP contribution >= 0.6 is 11.6 Å². The first-order valence-electron chi connectivity index (χ1n) is 7.04. The molecule has 1 saturated heterocycles. The smallest absolute Gasteiger partial charge is 0.277 e. The number of amides is 1. The van der Waals surface area contributed by atoms with Crippen LogP contribution in [-0.4, -0.2) is 29.0 Å². The van der Waals surface area contributed by atoms with Crippen LogP contribution in [0.3, 0.4) is 0 Å². The first-order chi connectivity index (χ1) is 9.99. The molecule has 114 valence electrons. The van der Waals surface area contributed by atoms with Crippen molar-refractivity contribution in [2.75, 3.05) is 23.7 Å². The third kappa shape index (κ3) is 3.85. The number of carbonyl (C=O) groups excluding carboxylic acids is 1. The number of carbonyl (C=O) groups is 1. The number of nitrogens with zero attached hydrogens (tertiary/aromatic N) is 3. The van der Waals surface area contributed by atoms with Crippen molar-refractivity contribution in [2.24, 2.45) is 0 Å². The molecule has 3 N–H and O–H groups in total. The fourth-order valence-electron chi connectivity index (χ4n) is 2.32. The molecule has 0 spiro atoms. The third-order valence-electron chi connectivity index (χ3n) is 3.31. The second-order valence-corrected chi connectivity index (χ2v) is 5.57. The Kier molecular flexibility index (Phi) is 5.01. The molecule has 1 aliphatic heterocycles. The lowest BCUT2D eigenvalue weighted by atomic mass is 10.2. The summed E-state index contributed by atoms with van der Waals surface area (Å²) >= 11 is 6.20. The Labute approximate surface area is 129 Å². The number of halogens is 1. The van der Waals surface area contributed by atoms with Crippen LogP contribution < -0.4 is 16.0 Å². The minimum Gasteiger partial charge on any atom is -0.382 e. The maximum Gasteiger partial charge on any atom is 0.277 e. The second kappa shape index (κ2) is 6.76. The number of hydrogen-bond donors (Lipinski definition) is 2. The van der Waals surface area contributed by atoms with Gasteiger partial charge in [0.15, 0.2) is 22.5 Å². The van der Waals surface area contributed by atoms with Crippen LogP contribution in [0, 0.1) is 0 Å². The number of hydrogen-bond acceptors (Lipinski definition) is 5. The SMILES string of the molecule is C=C(C)NC(=O)c1nc(Cl)c(N2CCCCCC2)nc1N. The van der Waals surface area contributed by atoms with Crippen molar-refractivity contribution < 1.29 is 4.79 Å². The molecule has 1 aromatic rings. The average Bonchev–Trinajstić information content (AvgIpc) is 2.69. The molecule has 2 rings (SSSR count). The summed E-state index contributed by atoms with van der Waals surface area (Å²) in [6, 6.07) is 0. The summed E-state index contributed by atoms with van der Waals surface area (Å²) in [4.78, 5) is 22.4. The normalized spacial score (nSPS) is 15.4. The molecule has 0 aromatic carbocycles. The minimum atomic E-state index is -0.447. The van der Waals surface area contributed by atoms with Crippen molar-refractivity contribution in [3.63, 3.8) is 0 Å². The number of nitrogen functional groups attached to an aromatic ring is 1. The van der Waals surface area contributed by atoms with Gasteiger partial charge in [-0.3, -0.25) is 4.79 Å². The Morgan fingerprint density at radius 1 is 1.29 bits per heavy atom. The van der Waals surface area contributed by atoms with E-state index in [9.17, 15) is 4.79 Å². The van der Waals surface area contributed by atoms with Crippen LogP contribution in [-0.2, 0) is 0 Å². The van der Waals surface area contributed by atoms with Gasteiger partial charge in [-0.2, -0.15) is 0 Å². The molecular formula is C14H20ClN5O. The third-order valence-corrected chi connectivity index (χ3v) is 3.56. The monoisotopic (exact) mass is 309 g/mol. The van der Waals surface area contributed by atoms with Crippen LogP contribution in [0.15, 0.2) is 12.3 Å². The maximum atomic E-state index is 11.9. The van der Waals surface area contributed by atoms with Crippen LogP contribution in [0.25, 0.3) is 0 Å². The molecule has 6 nitrogen and oxygen atoms in total. The Hall–Kier alpha value is -1.82. The summed E-state index contributed by atoms with van der Waals surface area (Å²) < 4.78 is 0. The summed E-state index contributed by atoms with van der Waals surface area (Å²) in [7, 11) is 0. The van der Waals surface area contributed by atoms with Gasteiger partial charge in [-0.15, -0.1) is 0 Å². The van der Waals surface area contributed by atoms with E-state index in [0.29, 0.717) is 11.5 Å². The van der Waals surface area contributed by atoms with E-state index in [1.807, 2.05) is 0 Å². The lowest BCUT2D eigenvalue weighted by Gasteiger charge is -2.22. The van der Waals surface area contributed by atoms with Crippen molar-refractivity contribution in [1.29, 1.82) is 0 Å². The first kappa shape index (κ1) is 15.6. The summed E-state index contributed by atoms with van der Waals surface area (Å²) in [5.74, 6) is 0.192. The standard InChI is InChI=1S/C14H20ClN5O/c1-9(2)17-14(21)10-12(16)19-13(11(15)18-10)20-7-5-3-4-6-8-20/h1,3-8H2,2H3,(H2,16,19)(H,17,21). The Balaban J connectivity index is 2.27. The average molecular weight is 310 g/mol. The fraction of sp³-hybridized carbons (Fsp3) is 0.500. The molecule has 0 unspecified atom stereocenters. The summed E-state index contributed by atoms with van der Waals surface area (Å²) in [6.45, 7) is 7.05. The van der Waals surface area contributed by atoms with E-state index >= 15 is 0 Å². The molecule has 7 heteroatoms. The van der Waals surface area contributed by atoms with E-state index in [1.165, 1.54) is 12.8 Å². The summed E-state index contributed by atoms with van der Waals surface area (Å²) in [6.07, 6.45) is 4.60. The molecule has 0 aliphatic carbocycles. The lowest BCUT2D eigenvalue weighted by molar-refractivity contribution is 0.0962. The lowest BCUT2D eigenvalue weighted by Crippen LogP contribution is -2.28. The van der Waals surface area contributed by atoms with Gasteiger partial charge in [0, 0.05) is 18.8 Å². The summed E-state index contributed by atoms with van der Waals surface area (Å²) in [5.41, 5.74) is 6.40. The number of allylic oxidation sites excluding steroid dienone is 1. The number of aromatic nitrogens is 2. The molecular weight excluding hydrogens is 290 g/mol. The molecule has 2 heterocycles. The highest BCUT2D eigenvalue weighted by molar-refractivity contribution is 6.32. The number of anilines is 2. The Morgan fingerprint density at radius 3 is 2.48 bits per heavy atom. The molecule has 21 heavy (non-hydrogen) atoms. The molecule has 0 radical (unpaired) electrons. The number of nitrogens with one attached hydrogen (secondary N) is 1. The van der Waals surface area contributed by atoms with E-state index in [1.54, 1.807) is 6.92 Å². The van der Waals surface area contributed by atoms with Crippen LogP contribution in [0.1, 0.15) is 43.1 Å². The molecule has 0 atom stereocenters. The maximum absolute atomic E-state index is 11.9. The Bertz CT molecular complexity index is 553. The van der Waals surface area contributed by atoms with E-state index in [4.69, 9.17) is 17.3 Å². The fourth-order valence-corrected chi connectivity index (χ4v) is 2.57. The van der Waals surface area contributed by atoms with Crippen molar-refractivity contribution in [1.82, 2.24) is 15.3 Å². The van der Waals surface area contributed by atoms with Crippen LogP contribution in [0.2, 0.25) is 5.15 Å². The van der Waals surface area contributed by atoms with Gasteiger partial charge >= 0.3 is 0 Å². The van der Waals surface area contributed by atoms with Crippen LogP contribution in [0.5, 0.6) is 0 Å². The zero-order valence-electron chi connectivity index (χ0n) is 12.2. The van der Waals surface area contributed by atoms with E-state index in [-0.39, 0.29) is 16.7 Å². The second-order valence-electron chi connectivity index (χ2n) is 5.21.